The van der Waals surface area contributed by atoms with Crippen LogP contribution >= 0.6 is 0 Å². The number of benzene rings is 1. The zero-order valence-corrected chi connectivity index (χ0v) is 15.6. The number of pyridine rings is 2. The number of aromatic nitrogens is 3. The minimum Gasteiger partial charge on any atom is -0.508 e. The van der Waals surface area contributed by atoms with Gasteiger partial charge >= 0.3 is 0 Å². The van der Waals surface area contributed by atoms with Gasteiger partial charge in [-0.05, 0) is 42.0 Å². The third kappa shape index (κ3) is 3.68. The third-order valence-corrected chi connectivity index (χ3v) is 4.30. The summed E-state index contributed by atoms with van der Waals surface area (Å²) in [6.07, 6.45) is 5.86. The third-order valence-electron chi connectivity index (χ3n) is 4.30. The van der Waals surface area contributed by atoms with E-state index in [-0.39, 0.29) is 11.7 Å². The average molecular weight is 397 g/mol. The van der Waals surface area contributed by atoms with Crippen molar-refractivity contribution < 1.29 is 14.6 Å². The molecule has 0 fully saturated rings. The fourth-order valence-electron chi connectivity index (χ4n) is 2.87. The van der Waals surface area contributed by atoms with Crippen LogP contribution in [0.4, 0.5) is 5.82 Å². The lowest BCUT2D eigenvalue weighted by molar-refractivity contribution is -0.111. The fraction of sp³-hybridized carbons (Fsp3) is 0. The topological polar surface area (TPSA) is 113 Å². The summed E-state index contributed by atoms with van der Waals surface area (Å²) in [6, 6.07) is 13.9. The Balaban J connectivity index is 1.74. The maximum atomic E-state index is 11.4. The van der Waals surface area contributed by atoms with E-state index < -0.39 is 0 Å². The summed E-state index contributed by atoms with van der Waals surface area (Å²) in [4.78, 5) is 15.5. The number of nitrogens with one attached hydrogen (secondary N) is 1. The van der Waals surface area contributed by atoms with E-state index in [0.29, 0.717) is 28.4 Å². The Kier molecular flexibility index (Phi) is 4.85. The number of ether oxygens (including phenoxy) is 1. The summed E-state index contributed by atoms with van der Waals surface area (Å²) >= 11 is 0. The molecule has 0 saturated heterocycles. The number of phenolic OH excluding ortho intramolecular Hbond substituents is 1. The van der Waals surface area contributed by atoms with E-state index in [4.69, 9.17) is 4.74 Å². The molecular formula is C22H15N5O3. The molecule has 3 aromatic heterocycles. The van der Waals surface area contributed by atoms with Gasteiger partial charge in [0.2, 0.25) is 5.91 Å². The minimum absolute atomic E-state index is 0.164. The predicted octanol–water partition coefficient (Wildman–Crippen LogP) is 3.89. The Labute approximate surface area is 171 Å². The van der Waals surface area contributed by atoms with Crippen LogP contribution < -0.4 is 10.1 Å². The maximum Gasteiger partial charge on any atom is 0.248 e. The second-order valence-electron chi connectivity index (χ2n) is 6.28. The van der Waals surface area contributed by atoms with Crippen LogP contribution in [0, 0.1) is 11.3 Å². The van der Waals surface area contributed by atoms with Crippen LogP contribution in [0.5, 0.6) is 17.2 Å². The van der Waals surface area contributed by atoms with Crippen LogP contribution in [0.3, 0.4) is 0 Å². The van der Waals surface area contributed by atoms with E-state index in [1.54, 1.807) is 53.2 Å². The highest BCUT2D eigenvalue weighted by Gasteiger charge is 2.14. The van der Waals surface area contributed by atoms with E-state index in [1.165, 1.54) is 12.4 Å². The first-order chi connectivity index (χ1) is 14.6. The minimum atomic E-state index is -0.364. The van der Waals surface area contributed by atoms with Crippen molar-refractivity contribution in [2.75, 3.05) is 5.32 Å². The number of carbonyl (C=O) groups excluding carboxylic acids is 1. The number of hydrogen-bond donors (Lipinski definition) is 2. The van der Waals surface area contributed by atoms with Crippen LogP contribution in [0.25, 0.3) is 16.6 Å². The molecule has 30 heavy (non-hydrogen) atoms. The molecule has 0 radical (unpaired) electrons. The van der Waals surface area contributed by atoms with Gasteiger partial charge in [-0.1, -0.05) is 18.7 Å². The number of anilines is 1. The standard InChI is InChI=1S/C22H15N5O3/c1-2-21(29)26-20-8-7-18(12-24-20)30-19-9-15(14-3-5-17(28)6-4-14)13-27-22(19)16(10-23)11-25-27/h2-9,11-13,28H,1H2,(H,24,26,29). The molecule has 0 atom stereocenters. The number of phenols is 1. The van der Waals surface area contributed by atoms with E-state index in [2.05, 4.69) is 28.0 Å². The van der Waals surface area contributed by atoms with Gasteiger partial charge in [-0.15, -0.1) is 0 Å². The highest BCUT2D eigenvalue weighted by atomic mass is 16.5. The van der Waals surface area contributed by atoms with Gasteiger partial charge in [0.25, 0.3) is 0 Å². The molecule has 0 aliphatic rings. The van der Waals surface area contributed by atoms with Gasteiger partial charge in [0.1, 0.15) is 34.5 Å². The molecule has 0 bridgehead atoms. The predicted molar refractivity (Wildman–Crippen MR) is 110 cm³/mol. The maximum absolute atomic E-state index is 11.4. The van der Waals surface area contributed by atoms with Crippen LogP contribution in [-0.4, -0.2) is 25.6 Å². The normalized spacial score (nSPS) is 10.4. The summed E-state index contributed by atoms with van der Waals surface area (Å²) in [6.45, 7) is 3.40. The molecule has 0 unspecified atom stereocenters. The zero-order chi connectivity index (χ0) is 21.1. The lowest BCUT2D eigenvalue weighted by Gasteiger charge is -2.11. The Morgan fingerprint density at radius 3 is 2.67 bits per heavy atom. The lowest BCUT2D eigenvalue weighted by atomic mass is 10.1. The Bertz CT molecular complexity index is 1290. The summed E-state index contributed by atoms with van der Waals surface area (Å²) in [5, 5.41) is 25.8. The number of hydrogen-bond acceptors (Lipinski definition) is 6. The smallest absolute Gasteiger partial charge is 0.248 e. The molecule has 4 rings (SSSR count). The SMILES string of the molecule is C=CC(=O)Nc1ccc(Oc2cc(-c3ccc(O)cc3)cn3ncc(C#N)c23)cn1. The monoisotopic (exact) mass is 397 g/mol. The molecule has 2 N–H and O–H groups in total. The largest absolute Gasteiger partial charge is 0.508 e. The van der Waals surface area contributed by atoms with Crippen LogP contribution in [0.2, 0.25) is 0 Å². The number of nitrogens with zero attached hydrogens (tertiary/aromatic N) is 4. The molecule has 0 aliphatic heterocycles. The Morgan fingerprint density at radius 1 is 1.20 bits per heavy atom. The summed E-state index contributed by atoms with van der Waals surface area (Å²) < 4.78 is 7.58. The molecule has 8 nitrogen and oxygen atoms in total. The summed E-state index contributed by atoms with van der Waals surface area (Å²) in [5.41, 5.74) is 2.51. The number of carbonyl (C=O) groups is 1. The van der Waals surface area contributed by atoms with E-state index in [1.807, 2.05) is 0 Å². The molecule has 8 heteroatoms. The Morgan fingerprint density at radius 2 is 2.00 bits per heavy atom. The highest BCUT2D eigenvalue weighted by molar-refractivity contribution is 5.98. The van der Waals surface area contributed by atoms with Gasteiger partial charge in [0.05, 0.1) is 12.4 Å². The molecule has 4 aromatic rings. The molecule has 0 spiro atoms. The van der Waals surface area contributed by atoms with Gasteiger partial charge < -0.3 is 15.2 Å². The van der Waals surface area contributed by atoms with Crippen molar-refractivity contribution in [3.8, 4) is 34.4 Å². The first-order valence-electron chi connectivity index (χ1n) is 8.85. The molecular weight excluding hydrogens is 382 g/mol. The highest BCUT2D eigenvalue weighted by Crippen LogP contribution is 2.33. The molecule has 0 aliphatic carbocycles. The fourth-order valence-corrected chi connectivity index (χ4v) is 2.87. The molecule has 1 aromatic carbocycles. The van der Waals surface area contributed by atoms with Crippen molar-refractivity contribution in [3.63, 3.8) is 0 Å². The average Bonchev–Trinajstić information content (AvgIpc) is 3.19. The van der Waals surface area contributed by atoms with Gasteiger partial charge in [-0.3, -0.25) is 4.79 Å². The van der Waals surface area contributed by atoms with Gasteiger partial charge in [0, 0.05) is 11.8 Å². The van der Waals surface area contributed by atoms with Crippen LogP contribution in [-0.2, 0) is 4.79 Å². The number of aromatic hydroxyl groups is 1. The summed E-state index contributed by atoms with van der Waals surface area (Å²) in [7, 11) is 0. The van der Waals surface area contributed by atoms with E-state index in [9.17, 15) is 15.2 Å². The molecule has 1 amide bonds. The first kappa shape index (κ1) is 18.7. The van der Waals surface area contributed by atoms with Crippen molar-refractivity contribution in [2.45, 2.75) is 0 Å². The number of nitriles is 1. The van der Waals surface area contributed by atoms with Gasteiger partial charge in [-0.25, -0.2) is 9.50 Å². The second-order valence-corrected chi connectivity index (χ2v) is 6.28. The zero-order valence-electron chi connectivity index (χ0n) is 15.6. The molecule has 146 valence electrons. The van der Waals surface area contributed by atoms with Crippen molar-refractivity contribution >= 4 is 17.2 Å². The molecule has 3 heterocycles. The lowest BCUT2D eigenvalue weighted by Crippen LogP contribution is -2.08. The van der Waals surface area contributed by atoms with Crippen LogP contribution in [0.15, 0.2) is 73.7 Å². The van der Waals surface area contributed by atoms with Crippen molar-refractivity contribution in [1.82, 2.24) is 14.6 Å². The molecule has 0 saturated carbocycles. The van der Waals surface area contributed by atoms with Gasteiger partial charge in [-0.2, -0.15) is 10.4 Å². The van der Waals surface area contributed by atoms with Gasteiger partial charge in [0.15, 0.2) is 5.75 Å². The van der Waals surface area contributed by atoms with E-state index in [0.717, 1.165) is 17.2 Å². The van der Waals surface area contributed by atoms with E-state index >= 15 is 0 Å². The number of rotatable bonds is 5. The van der Waals surface area contributed by atoms with Crippen molar-refractivity contribution in [1.29, 1.82) is 5.26 Å². The number of fused-ring (bicyclic) bond motifs is 1. The second kappa shape index (κ2) is 7.77. The quantitative estimate of drug-likeness (QED) is 0.494. The van der Waals surface area contributed by atoms with Crippen LogP contribution in [0.1, 0.15) is 5.56 Å². The number of amides is 1. The Hall–Kier alpha value is -4.64. The first-order valence-corrected chi connectivity index (χ1v) is 8.85. The van der Waals surface area contributed by atoms with Crippen molar-refractivity contribution in [3.05, 3.63) is 79.3 Å². The van der Waals surface area contributed by atoms with Crippen molar-refractivity contribution in [2.24, 2.45) is 0 Å². The summed E-state index contributed by atoms with van der Waals surface area (Å²) in [5.74, 6) is 0.993.